The average Bonchev–Trinajstić information content (AvgIpc) is 2.76. The van der Waals surface area contributed by atoms with Crippen LogP contribution in [-0.2, 0) is 4.79 Å². The standard InChI is InChI=1S/C12H20N4O2/c1-3-4-12(5-7-13-8-6-12)10(17)15-11-14-9(2)16-18-11/h13H,3-8H2,1-2H3,(H,14,15,16,17). The summed E-state index contributed by atoms with van der Waals surface area (Å²) >= 11 is 0. The fourth-order valence-corrected chi connectivity index (χ4v) is 2.55. The van der Waals surface area contributed by atoms with E-state index < -0.39 is 0 Å². The number of carbonyl (C=O) groups excluding carboxylic acids is 1. The average molecular weight is 252 g/mol. The van der Waals surface area contributed by atoms with Gasteiger partial charge < -0.3 is 9.84 Å². The zero-order valence-corrected chi connectivity index (χ0v) is 11.0. The van der Waals surface area contributed by atoms with Gasteiger partial charge in [-0.25, -0.2) is 0 Å². The summed E-state index contributed by atoms with van der Waals surface area (Å²) in [4.78, 5) is 16.4. The molecule has 0 radical (unpaired) electrons. The number of nitrogens with zero attached hydrogens (tertiary/aromatic N) is 2. The maximum Gasteiger partial charge on any atom is 0.328 e. The topological polar surface area (TPSA) is 80.1 Å². The normalized spacial score (nSPS) is 18.6. The van der Waals surface area contributed by atoms with E-state index in [0.717, 1.165) is 38.8 Å². The van der Waals surface area contributed by atoms with E-state index in [1.807, 2.05) is 0 Å². The first-order valence-corrected chi connectivity index (χ1v) is 6.49. The summed E-state index contributed by atoms with van der Waals surface area (Å²) in [6.45, 7) is 5.60. The van der Waals surface area contributed by atoms with Gasteiger partial charge in [0, 0.05) is 0 Å². The van der Waals surface area contributed by atoms with Crippen molar-refractivity contribution in [2.45, 2.75) is 39.5 Å². The maximum absolute atomic E-state index is 12.4. The van der Waals surface area contributed by atoms with Gasteiger partial charge in [-0.1, -0.05) is 18.5 Å². The molecule has 0 spiro atoms. The Morgan fingerprint density at radius 2 is 2.22 bits per heavy atom. The zero-order valence-electron chi connectivity index (χ0n) is 11.0. The summed E-state index contributed by atoms with van der Waals surface area (Å²) in [5, 5.41) is 9.71. The van der Waals surface area contributed by atoms with E-state index in [2.05, 4.69) is 27.7 Å². The minimum absolute atomic E-state index is 0.00880. The molecule has 1 aromatic rings. The van der Waals surface area contributed by atoms with Crippen LogP contribution in [0, 0.1) is 12.3 Å². The molecule has 18 heavy (non-hydrogen) atoms. The van der Waals surface area contributed by atoms with Crippen molar-refractivity contribution < 1.29 is 9.32 Å². The molecule has 0 saturated carbocycles. The van der Waals surface area contributed by atoms with Gasteiger partial charge in [-0.2, -0.15) is 4.98 Å². The molecule has 0 bridgehead atoms. The highest BCUT2D eigenvalue weighted by molar-refractivity contribution is 5.93. The van der Waals surface area contributed by atoms with E-state index in [1.165, 1.54) is 0 Å². The van der Waals surface area contributed by atoms with Gasteiger partial charge in [0.05, 0.1) is 5.41 Å². The van der Waals surface area contributed by atoms with Crippen molar-refractivity contribution in [3.8, 4) is 0 Å². The van der Waals surface area contributed by atoms with E-state index in [9.17, 15) is 4.79 Å². The van der Waals surface area contributed by atoms with Crippen LogP contribution >= 0.6 is 0 Å². The SMILES string of the molecule is CCCC1(C(=O)Nc2nc(C)no2)CCNCC1. The lowest BCUT2D eigenvalue weighted by atomic mass is 9.74. The van der Waals surface area contributed by atoms with Crippen LogP contribution < -0.4 is 10.6 Å². The number of nitrogens with one attached hydrogen (secondary N) is 2. The molecular formula is C12H20N4O2. The Kier molecular flexibility index (Phi) is 3.96. The number of piperidine rings is 1. The van der Waals surface area contributed by atoms with E-state index in [1.54, 1.807) is 6.92 Å². The third-order valence-corrected chi connectivity index (χ3v) is 3.52. The molecule has 0 aromatic carbocycles. The van der Waals surface area contributed by atoms with E-state index >= 15 is 0 Å². The molecule has 1 saturated heterocycles. The van der Waals surface area contributed by atoms with Gasteiger partial charge in [-0.05, 0) is 39.3 Å². The van der Waals surface area contributed by atoms with Gasteiger partial charge in [0.15, 0.2) is 5.82 Å². The molecule has 6 heteroatoms. The van der Waals surface area contributed by atoms with Gasteiger partial charge in [0.2, 0.25) is 5.91 Å². The van der Waals surface area contributed by atoms with Crippen LogP contribution in [0.25, 0.3) is 0 Å². The van der Waals surface area contributed by atoms with Gasteiger partial charge >= 0.3 is 6.01 Å². The van der Waals surface area contributed by atoms with Crippen LogP contribution in [0.15, 0.2) is 4.52 Å². The highest BCUT2D eigenvalue weighted by Crippen LogP contribution is 2.35. The zero-order chi connectivity index (χ0) is 13.0. The molecular weight excluding hydrogens is 232 g/mol. The molecule has 2 heterocycles. The van der Waals surface area contributed by atoms with E-state index in [0.29, 0.717) is 5.82 Å². The summed E-state index contributed by atoms with van der Waals surface area (Å²) in [5.41, 5.74) is -0.289. The summed E-state index contributed by atoms with van der Waals surface area (Å²) in [7, 11) is 0. The lowest BCUT2D eigenvalue weighted by Gasteiger charge is -2.35. The van der Waals surface area contributed by atoms with Gasteiger partial charge in [-0.3, -0.25) is 10.1 Å². The number of hydrogen-bond donors (Lipinski definition) is 2. The second-order valence-electron chi connectivity index (χ2n) is 4.88. The number of rotatable bonds is 4. The predicted octanol–water partition coefficient (Wildman–Crippen LogP) is 1.49. The molecule has 1 amide bonds. The molecule has 100 valence electrons. The molecule has 1 aliphatic heterocycles. The quantitative estimate of drug-likeness (QED) is 0.848. The monoisotopic (exact) mass is 252 g/mol. The highest BCUT2D eigenvalue weighted by Gasteiger charge is 2.39. The van der Waals surface area contributed by atoms with Crippen molar-refractivity contribution in [3.63, 3.8) is 0 Å². The number of carbonyl (C=O) groups is 1. The lowest BCUT2D eigenvalue weighted by molar-refractivity contribution is -0.127. The Morgan fingerprint density at radius 1 is 1.50 bits per heavy atom. The van der Waals surface area contributed by atoms with Crippen LogP contribution in [0.2, 0.25) is 0 Å². The third kappa shape index (κ3) is 2.69. The first-order chi connectivity index (χ1) is 8.66. The molecule has 0 aliphatic carbocycles. The molecule has 1 aromatic heterocycles. The second kappa shape index (κ2) is 5.48. The van der Waals surface area contributed by atoms with Crippen LogP contribution in [0.1, 0.15) is 38.4 Å². The molecule has 2 rings (SSSR count). The maximum atomic E-state index is 12.4. The number of anilines is 1. The fraction of sp³-hybridized carbons (Fsp3) is 0.750. The molecule has 1 fully saturated rings. The molecule has 6 nitrogen and oxygen atoms in total. The van der Waals surface area contributed by atoms with Gasteiger partial charge in [-0.15, -0.1) is 0 Å². The Labute approximate surface area is 107 Å². The molecule has 1 aliphatic rings. The largest absolute Gasteiger partial charge is 0.328 e. The lowest BCUT2D eigenvalue weighted by Crippen LogP contribution is -2.44. The summed E-state index contributed by atoms with van der Waals surface area (Å²) in [6.07, 6.45) is 3.61. The Morgan fingerprint density at radius 3 is 2.78 bits per heavy atom. The van der Waals surface area contributed by atoms with Crippen molar-refractivity contribution in [1.29, 1.82) is 0 Å². The van der Waals surface area contributed by atoms with E-state index in [-0.39, 0.29) is 17.3 Å². The van der Waals surface area contributed by atoms with Crippen LogP contribution in [-0.4, -0.2) is 29.1 Å². The Bertz CT molecular complexity index is 404. The Hall–Kier alpha value is -1.43. The van der Waals surface area contributed by atoms with Crippen molar-refractivity contribution in [3.05, 3.63) is 5.82 Å². The first kappa shape index (κ1) is 13.0. The van der Waals surface area contributed by atoms with Crippen molar-refractivity contribution >= 4 is 11.9 Å². The highest BCUT2D eigenvalue weighted by atomic mass is 16.5. The van der Waals surface area contributed by atoms with Crippen LogP contribution in [0.5, 0.6) is 0 Å². The fourth-order valence-electron chi connectivity index (χ4n) is 2.55. The van der Waals surface area contributed by atoms with Crippen LogP contribution in [0.4, 0.5) is 6.01 Å². The van der Waals surface area contributed by atoms with Crippen molar-refractivity contribution in [1.82, 2.24) is 15.5 Å². The van der Waals surface area contributed by atoms with E-state index in [4.69, 9.17) is 4.52 Å². The predicted molar refractivity (Wildman–Crippen MR) is 67.1 cm³/mol. The number of amides is 1. The summed E-state index contributed by atoms with van der Waals surface area (Å²) in [5.74, 6) is 0.537. The molecule has 2 N–H and O–H groups in total. The van der Waals surface area contributed by atoms with Crippen molar-refractivity contribution in [2.24, 2.45) is 5.41 Å². The molecule has 0 unspecified atom stereocenters. The minimum atomic E-state index is -0.289. The smallest absolute Gasteiger partial charge is 0.317 e. The van der Waals surface area contributed by atoms with Crippen LogP contribution in [0.3, 0.4) is 0 Å². The van der Waals surface area contributed by atoms with Crippen molar-refractivity contribution in [2.75, 3.05) is 18.4 Å². The second-order valence-corrected chi connectivity index (χ2v) is 4.88. The third-order valence-electron chi connectivity index (χ3n) is 3.52. The first-order valence-electron chi connectivity index (χ1n) is 6.49. The molecule has 0 atom stereocenters. The minimum Gasteiger partial charge on any atom is -0.317 e. The number of aromatic nitrogens is 2. The Balaban J connectivity index is 2.08. The number of hydrogen-bond acceptors (Lipinski definition) is 5. The van der Waals surface area contributed by atoms with Gasteiger partial charge in [0.25, 0.3) is 0 Å². The summed E-state index contributed by atoms with van der Waals surface area (Å²) in [6, 6.07) is 0.200. The summed E-state index contributed by atoms with van der Waals surface area (Å²) < 4.78 is 4.94. The number of aryl methyl sites for hydroxylation is 1. The van der Waals surface area contributed by atoms with Gasteiger partial charge in [0.1, 0.15) is 0 Å².